The van der Waals surface area contributed by atoms with Crippen LogP contribution in [-0.4, -0.2) is 16.1 Å². The van der Waals surface area contributed by atoms with Gasteiger partial charge in [0.25, 0.3) is 0 Å². The molecule has 0 fully saturated rings. The molecule has 4 nitrogen and oxygen atoms in total. The minimum absolute atomic E-state index is 0.234. The first-order chi connectivity index (χ1) is 13.7. The number of H-pyrrole nitrogens is 1. The van der Waals surface area contributed by atoms with Crippen molar-refractivity contribution in [2.24, 2.45) is 0 Å². The maximum absolute atomic E-state index is 11.7. The zero-order valence-corrected chi connectivity index (χ0v) is 16.0. The average molecular weight is 388 g/mol. The van der Waals surface area contributed by atoms with Gasteiger partial charge in [-0.2, -0.15) is 0 Å². The molecule has 0 aliphatic heterocycles. The van der Waals surface area contributed by atoms with Crippen LogP contribution in [0.25, 0.3) is 10.9 Å². The third kappa shape index (κ3) is 4.11. The topological polar surface area (TPSA) is 65.1 Å². The van der Waals surface area contributed by atoms with E-state index in [0.717, 1.165) is 32.8 Å². The molecule has 4 aromatic rings. The van der Waals surface area contributed by atoms with Crippen LogP contribution in [0.15, 0.2) is 88.7 Å². The molecule has 1 heterocycles. The minimum atomic E-state index is -0.946. The highest BCUT2D eigenvalue weighted by atomic mass is 32.2. The average Bonchev–Trinajstić information content (AvgIpc) is 3.08. The fraction of sp³-hybridized carbons (Fsp3) is 0.0870. The first kappa shape index (κ1) is 18.3. The maximum atomic E-state index is 11.7. The van der Waals surface area contributed by atoms with Crippen LogP contribution in [0.1, 0.15) is 21.6 Å². The number of rotatable bonds is 7. The van der Waals surface area contributed by atoms with Gasteiger partial charge in [0.2, 0.25) is 0 Å². The van der Waals surface area contributed by atoms with Gasteiger partial charge in [-0.15, -0.1) is 0 Å². The summed E-state index contributed by atoms with van der Waals surface area (Å²) in [6.07, 6.45) is 0. The summed E-state index contributed by atoms with van der Waals surface area (Å²) in [5.74, 6) is -0.946. The molecular weight excluding hydrogens is 368 g/mol. The summed E-state index contributed by atoms with van der Waals surface area (Å²) in [7, 11) is 0. The van der Waals surface area contributed by atoms with Crippen molar-refractivity contribution >= 4 is 28.6 Å². The SMILES string of the molecule is O=C(O)c1[nH]c2cc(CNCc3ccccc3)ccc2c1Sc1ccccc1. The molecule has 0 aliphatic carbocycles. The van der Waals surface area contributed by atoms with Crippen molar-refractivity contribution in [3.63, 3.8) is 0 Å². The number of hydrogen-bond donors (Lipinski definition) is 3. The number of benzene rings is 3. The molecule has 5 heteroatoms. The molecule has 140 valence electrons. The highest BCUT2D eigenvalue weighted by Gasteiger charge is 2.18. The lowest BCUT2D eigenvalue weighted by Crippen LogP contribution is -2.12. The second kappa shape index (κ2) is 8.33. The van der Waals surface area contributed by atoms with E-state index in [1.807, 2.05) is 60.7 Å². The van der Waals surface area contributed by atoms with Crippen molar-refractivity contribution in [1.29, 1.82) is 0 Å². The molecule has 0 bridgehead atoms. The molecule has 0 unspecified atom stereocenters. The second-order valence-electron chi connectivity index (χ2n) is 6.52. The largest absolute Gasteiger partial charge is 0.477 e. The lowest BCUT2D eigenvalue weighted by Gasteiger charge is -2.06. The van der Waals surface area contributed by atoms with E-state index in [1.165, 1.54) is 17.3 Å². The number of carboxylic acid groups (broad SMARTS) is 1. The molecular formula is C23H20N2O2S. The van der Waals surface area contributed by atoms with E-state index >= 15 is 0 Å². The molecule has 0 radical (unpaired) electrons. The molecule has 0 saturated heterocycles. The van der Waals surface area contributed by atoms with Crippen molar-refractivity contribution in [2.45, 2.75) is 22.9 Å². The Hall–Kier alpha value is -3.02. The van der Waals surface area contributed by atoms with E-state index in [9.17, 15) is 9.90 Å². The van der Waals surface area contributed by atoms with Crippen LogP contribution in [0.2, 0.25) is 0 Å². The second-order valence-corrected chi connectivity index (χ2v) is 7.60. The highest BCUT2D eigenvalue weighted by Crippen LogP contribution is 2.37. The monoisotopic (exact) mass is 388 g/mol. The van der Waals surface area contributed by atoms with Gasteiger partial charge in [-0.05, 0) is 29.3 Å². The highest BCUT2D eigenvalue weighted by molar-refractivity contribution is 7.99. The summed E-state index contributed by atoms with van der Waals surface area (Å²) in [5, 5.41) is 14.0. The molecule has 3 N–H and O–H groups in total. The smallest absolute Gasteiger partial charge is 0.353 e. The number of carbonyl (C=O) groups is 1. The number of aromatic nitrogens is 1. The summed E-state index contributed by atoms with van der Waals surface area (Å²) in [5.41, 5.74) is 3.42. The number of carboxylic acids is 1. The Balaban J connectivity index is 1.56. The number of nitrogens with one attached hydrogen (secondary N) is 2. The Labute approximate surface area is 167 Å². The van der Waals surface area contributed by atoms with E-state index in [4.69, 9.17) is 0 Å². The molecule has 1 aromatic heterocycles. The molecule has 0 spiro atoms. The van der Waals surface area contributed by atoms with Crippen LogP contribution in [0.5, 0.6) is 0 Å². The summed E-state index contributed by atoms with van der Waals surface area (Å²) >= 11 is 1.47. The molecule has 0 aliphatic rings. The van der Waals surface area contributed by atoms with E-state index in [-0.39, 0.29) is 5.69 Å². The summed E-state index contributed by atoms with van der Waals surface area (Å²) < 4.78 is 0. The number of hydrogen-bond acceptors (Lipinski definition) is 3. The van der Waals surface area contributed by atoms with Crippen molar-refractivity contribution < 1.29 is 9.90 Å². The minimum Gasteiger partial charge on any atom is -0.477 e. The summed E-state index contributed by atoms with van der Waals surface area (Å²) in [6, 6.07) is 26.1. The van der Waals surface area contributed by atoms with Gasteiger partial charge >= 0.3 is 5.97 Å². The zero-order chi connectivity index (χ0) is 19.3. The van der Waals surface area contributed by atoms with Crippen LogP contribution >= 0.6 is 11.8 Å². The number of fused-ring (bicyclic) bond motifs is 1. The third-order valence-electron chi connectivity index (χ3n) is 4.49. The Bertz CT molecular complexity index is 1090. The Morgan fingerprint density at radius 2 is 1.57 bits per heavy atom. The van der Waals surface area contributed by atoms with Crippen molar-refractivity contribution in [2.75, 3.05) is 0 Å². The van der Waals surface area contributed by atoms with Gasteiger partial charge in [-0.25, -0.2) is 4.79 Å². The molecule has 0 amide bonds. The fourth-order valence-electron chi connectivity index (χ4n) is 3.14. The third-order valence-corrected chi connectivity index (χ3v) is 5.63. The van der Waals surface area contributed by atoms with Gasteiger partial charge in [0.05, 0.1) is 4.90 Å². The Morgan fingerprint density at radius 3 is 2.29 bits per heavy atom. The summed E-state index contributed by atoms with van der Waals surface area (Å²) in [6.45, 7) is 1.51. The predicted octanol–water partition coefficient (Wildman–Crippen LogP) is 5.31. The fourth-order valence-corrected chi connectivity index (χ4v) is 4.20. The van der Waals surface area contributed by atoms with Crippen LogP contribution < -0.4 is 5.32 Å². The molecule has 4 rings (SSSR count). The molecule has 3 aromatic carbocycles. The van der Waals surface area contributed by atoms with Gasteiger partial charge < -0.3 is 15.4 Å². The van der Waals surface area contributed by atoms with Crippen LogP contribution in [0.4, 0.5) is 0 Å². The van der Waals surface area contributed by atoms with Gasteiger partial charge in [0.15, 0.2) is 0 Å². The molecule has 0 saturated carbocycles. The van der Waals surface area contributed by atoms with Crippen LogP contribution in [-0.2, 0) is 13.1 Å². The van der Waals surface area contributed by atoms with Gasteiger partial charge in [-0.3, -0.25) is 0 Å². The van der Waals surface area contributed by atoms with Gasteiger partial charge in [0, 0.05) is 28.9 Å². The lowest BCUT2D eigenvalue weighted by molar-refractivity contribution is 0.0688. The molecule has 28 heavy (non-hydrogen) atoms. The molecule has 0 atom stereocenters. The summed E-state index contributed by atoms with van der Waals surface area (Å²) in [4.78, 5) is 16.6. The van der Waals surface area contributed by atoms with Crippen LogP contribution in [0, 0.1) is 0 Å². The van der Waals surface area contributed by atoms with E-state index in [0.29, 0.717) is 6.54 Å². The predicted molar refractivity (Wildman–Crippen MR) is 113 cm³/mol. The van der Waals surface area contributed by atoms with E-state index in [2.05, 4.69) is 28.5 Å². The number of aromatic amines is 1. The van der Waals surface area contributed by atoms with Crippen LogP contribution in [0.3, 0.4) is 0 Å². The lowest BCUT2D eigenvalue weighted by atomic mass is 10.1. The van der Waals surface area contributed by atoms with Crippen molar-refractivity contribution in [3.8, 4) is 0 Å². The van der Waals surface area contributed by atoms with E-state index in [1.54, 1.807) is 0 Å². The van der Waals surface area contributed by atoms with Crippen molar-refractivity contribution in [1.82, 2.24) is 10.3 Å². The standard InChI is InChI=1S/C23H20N2O2S/c26-23(27)21-22(28-18-9-5-2-6-10-18)19-12-11-17(13-20(19)25-21)15-24-14-16-7-3-1-4-8-16/h1-13,24-25H,14-15H2,(H,26,27). The maximum Gasteiger partial charge on any atom is 0.353 e. The first-order valence-corrected chi connectivity index (χ1v) is 9.88. The Morgan fingerprint density at radius 1 is 0.893 bits per heavy atom. The van der Waals surface area contributed by atoms with Gasteiger partial charge in [0.1, 0.15) is 5.69 Å². The number of aromatic carboxylic acids is 1. The zero-order valence-electron chi connectivity index (χ0n) is 15.2. The Kier molecular flexibility index (Phi) is 5.46. The van der Waals surface area contributed by atoms with Crippen molar-refractivity contribution in [3.05, 3.63) is 95.7 Å². The van der Waals surface area contributed by atoms with E-state index < -0.39 is 5.97 Å². The quantitative estimate of drug-likeness (QED) is 0.402. The first-order valence-electron chi connectivity index (χ1n) is 9.06. The normalized spacial score (nSPS) is 11.0. The van der Waals surface area contributed by atoms with Gasteiger partial charge in [-0.1, -0.05) is 72.4 Å².